The zero-order valence-electron chi connectivity index (χ0n) is 10.6. The van der Waals surface area contributed by atoms with Gasteiger partial charge < -0.3 is 9.64 Å². The Morgan fingerprint density at radius 3 is 2.79 bits per heavy atom. The number of esters is 1. The molecule has 1 aromatic rings. The molecule has 1 aromatic heterocycles. The number of hydrogen-bond acceptors (Lipinski definition) is 4. The molecule has 1 saturated carbocycles. The fourth-order valence-electron chi connectivity index (χ4n) is 2.42. The van der Waals surface area contributed by atoms with Crippen molar-refractivity contribution in [2.75, 3.05) is 13.2 Å². The van der Waals surface area contributed by atoms with Crippen molar-refractivity contribution in [2.24, 2.45) is 5.92 Å². The Morgan fingerprint density at radius 1 is 1.37 bits per heavy atom. The van der Waals surface area contributed by atoms with Gasteiger partial charge in [-0.3, -0.25) is 9.78 Å². The first-order valence-corrected chi connectivity index (χ1v) is 6.60. The molecule has 1 aliphatic heterocycles. The predicted molar refractivity (Wildman–Crippen MR) is 67.4 cm³/mol. The third kappa shape index (κ3) is 2.75. The normalized spacial score (nSPS) is 22.6. The molecule has 1 atom stereocenters. The van der Waals surface area contributed by atoms with Crippen molar-refractivity contribution >= 4 is 11.9 Å². The van der Waals surface area contributed by atoms with Gasteiger partial charge in [0.2, 0.25) is 5.91 Å². The highest BCUT2D eigenvalue weighted by Gasteiger charge is 2.39. The molecule has 0 aromatic carbocycles. The van der Waals surface area contributed by atoms with E-state index in [-0.39, 0.29) is 17.8 Å². The zero-order valence-corrected chi connectivity index (χ0v) is 10.6. The maximum Gasteiger partial charge on any atom is 0.338 e. The summed E-state index contributed by atoms with van der Waals surface area (Å²) in [6.07, 6.45) is 5.86. The summed E-state index contributed by atoms with van der Waals surface area (Å²) >= 11 is 0. The Kier molecular flexibility index (Phi) is 3.19. The maximum absolute atomic E-state index is 11.8. The molecule has 100 valence electrons. The lowest BCUT2D eigenvalue weighted by atomic mass is 10.1. The zero-order chi connectivity index (χ0) is 13.2. The van der Waals surface area contributed by atoms with Crippen LogP contribution < -0.4 is 0 Å². The molecule has 0 N–H and O–H groups in total. The minimum atomic E-state index is -0.347. The molecule has 5 heteroatoms. The van der Waals surface area contributed by atoms with Gasteiger partial charge >= 0.3 is 5.97 Å². The van der Waals surface area contributed by atoms with Crippen LogP contribution in [0, 0.1) is 5.92 Å². The highest BCUT2D eigenvalue weighted by Crippen LogP contribution is 2.32. The number of ether oxygens (including phenoxy) is 1. The number of rotatable bonds is 4. The summed E-state index contributed by atoms with van der Waals surface area (Å²) in [4.78, 5) is 29.3. The van der Waals surface area contributed by atoms with E-state index in [9.17, 15) is 9.59 Å². The first-order valence-electron chi connectivity index (χ1n) is 6.60. The monoisotopic (exact) mass is 260 g/mol. The van der Waals surface area contributed by atoms with Crippen molar-refractivity contribution in [3.63, 3.8) is 0 Å². The van der Waals surface area contributed by atoms with Crippen LogP contribution in [0.5, 0.6) is 0 Å². The Labute approximate surface area is 111 Å². The van der Waals surface area contributed by atoms with Crippen LogP contribution in [-0.4, -0.2) is 41.0 Å². The summed E-state index contributed by atoms with van der Waals surface area (Å²) in [5.41, 5.74) is 0.498. The van der Waals surface area contributed by atoms with Crippen LogP contribution in [0.25, 0.3) is 0 Å². The smallest absolute Gasteiger partial charge is 0.338 e. The molecule has 1 saturated heterocycles. The molecule has 3 rings (SSSR count). The molecule has 2 aliphatic rings. The lowest BCUT2D eigenvalue weighted by Crippen LogP contribution is -2.27. The number of likely N-dealkylation sites (tertiary alicyclic amines) is 1. The van der Waals surface area contributed by atoms with Gasteiger partial charge in [0.25, 0.3) is 0 Å². The third-order valence-corrected chi connectivity index (χ3v) is 3.59. The number of pyridine rings is 1. The largest absolute Gasteiger partial charge is 0.462 e. The Morgan fingerprint density at radius 2 is 2.11 bits per heavy atom. The summed E-state index contributed by atoms with van der Waals surface area (Å²) in [5.74, 6) is -0.00827. The Bertz CT molecular complexity index is 485. The standard InChI is InChI=1S/C14H16N2O3/c17-13-7-10(8-16(13)12-1-2-12)9-19-14(18)11-3-5-15-6-4-11/h3-6,10,12H,1-2,7-9H2. The Balaban J connectivity index is 1.50. The minimum Gasteiger partial charge on any atom is -0.462 e. The third-order valence-electron chi connectivity index (χ3n) is 3.59. The highest BCUT2D eigenvalue weighted by atomic mass is 16.5. The van der Waals surface area contributed by atoms with Gasteiger partial charge in [0.1, 0.15) is 0 Å². The number of carbonyl (C=O) groups is 2. The van der Waals surface area contributed by atoms with Crippen molar-refractivity contribution < 1.29 is 14.3 Å². The van der Waals surface area contributed by atoms with E-state index in [2.05, 4.69) is 4.98 Å². The fourth-order valence-corrected chi connectivity index (χ4v) is 2.42. The van der Waals surface area contributed by atoms with Crippen LogP contribution in [0.4, 0.5) is 0 Å². The van der Waals surface area contributed by atoms with Crippen LogP contribution in [-0.2, 0) is 9.53 Å². The summed E-state index contributed by atoms with van der Waals surface area (Å²) < 4.78 is 5.26. The molecular weight excluding hydrogens is 244 g/mol. The molecule has 1 unspecified atom stereocenters. The van der Waals surface area contributed by atoms with E-state index in [1.54, 1.807) is 24.5 Å². The van der Waals surface area contributed by atoms with Crippen LogP contribution in [0.3, 0.4) is 0 Å². The van der Waals surface area contributed by atoms with Gasteiger partial charge in [0.05, 0.1) is 12.2 Å². The average Bonchev–Trinajstić information content (AvgIpc) is 3.21. The summed E-state index contributed by atoms with van der Waals surface area (Å²) in [5, 5.41) is 0. The van der Waals surface area contributed by atoms with E-state index in [0.717, 1.165) is 19.4 Å². The first kappa shape index (κ1) is 12.1. The topological polar surface area (TPSA) is 59.5 Å². The van der Waals surface area contributed by atoms with Crippen LogP contribution in [0.1, 0.15) is 29.6 Å². The van der Waals surface area contributed by atoms with E-state index < -0.39 is 0 Å². The molecule has 1 amide bonds. The molecule has 2 heterocycles. The van der Waals surface area contributed by atoms with E-state index in [4.69, 9.17) is 4.74 Å². The molecule has 19 heavy (non-hydrogen) atoms. The van der Waals surface area contributed by atoms with Crippen LogP contribution in [0.2, 0.25) is 0 Å². The molecular formula is C14H16N2O3. The van der Waals surface area contributed by atoms with E-state index in [1.807, 2.05) is 4.90 Å². The molecule has 5 nitrogen and oxygen atoms in total. The molecule has 0 bridgehead atoms. The van der Waals surface area contributed by atoms with Gasteiger partial charge in [-0.25, -0.2) is 4.79 Å². The summed E-state index contributed by atoms with van der Waals surface area (Å²) in [7, 11) is 0. The number of amides is 1. The van der Waals surface area contributed by atoms with Crippen LogP contribution >= 0.6 is 0 Å². The van der Waals surface area contributed by atoms with Gasteiger partial charge in [-0.2, -0.15) is 0 Å². The van der Waals surface area contributed by atoms with E-state index in [0.29, 0.717) is 24.6 Å². The van der Waals surface area contributed by atoms with Crippen LogP contribution in [0.15, 0.2) is 24.5 Å². The number of nitrogens with zero attached hydrogens (tertiary/aromatic N) is 2. The number of carbonyl (C=O) groups excluding carboxylic acids is 2. The quantitative estimate of drug-likeness (QED) is 0.764. The number of hydrogen-bond donors (Lipinski definition) is 0. The molecule has 2 fully saturated rings. The molecule has 1 aliphatic carbocycles. The van der Waals surface area contributed by atoms with Crippen molar-refractivity contribution in [2.45, 2.75) is 25.3 Å². The lowest BCUT2D eigenvalue weighted by molar-refractivity contribution is -0.128. The van der Waals surface area contributed by atoms with E-state index in [1.165, 1.54) is 0 Å². The minimum absolute atomic E-state index is 0.138. The van der Waals surface area contributed by atoms with Gasteiger partial charge in [0, 0.05) is 37.3 Å². The molecule has 0 radical (unpaired) electrons. The average molecular weight is 260 g/mol. The fraction of sp³-hybridized carbons (Fsp3) is 0.500. The van der Waals surface area contributed by atoms with Gasteiger partial charge in [0.15, 0.2) is 0 Å². The van der Waals surface area contributed by atoms with Crippen molar-refractivity contribution in [1.82, 2.24) is 9.88 Å². The second-order valence-electron chi connectivity index (χ2n) is 5.18. The summed E-state index contributed by atoms with van der Waals surface area (Å²) in [6.45, 7) is 1.04. The lowest BCUT2D eigenvalue weighted by Gasteiger charge is -2.15. The maximum atomic E-state index is 11.8. The first-order chi connectivity index (χ1) is 9.24. The van der Waals surface area contributed by atoms with Gasteiger partial charge in [-0.15, -0.1) is 0 Å². The second kappa shape index (κ2) is 4.99. The van der Waals surface area contributed by atoms with Crippen molar-refractivity contribution in [3.8, 4) is 0 Å². The SMILES string of the molecule is O=C(OCC1CC(=O)N(C2CC2)C1)c1ccncc1. The van der Waals surface area contributed by atoms with Crippen molar-refractivity contribution in [3.05, 3.63) is 30.1 Å². The molecule has 0 spiro atoms. The number of aromatic nitrogens is 1. The van der Waals surface area contributed by atoms with Gasteiger partial charge in [-0.05, 0) is 25.0 Å². The summed E-state index contributed by atoms with van der Waals surface area (Å²) in [6, 6.07) is 3.70. The van der Waals surface area contributed by atoms with E-state index >= 15 is 0 Å². The van der Waals surface area contributed by atoms with Crippen molar-refractivity contribution in [1.29, 1.82) is 0 Å². The van der Waals surface area contributed by atoms with Gasteiger partial charge in [-0.1, -0.05) is 0 Å². The Hall–Kier alpha value is -1.91. The highest BCUT2D eigenvalue weighted by molar-refractivity contribution is 5.89. The second-order valence-corrected chi connectivity index (χ2v) is 5.18. The predicted octanol–water partition coefficient (Wildman–Crippen LogP) is 1.25.